The summed E-state index contributed by atoms with van der Waals surface area (Å²) < 4.78 is 16.8. The lowest BCUT2D eigenvalue weighted by Gasteiger charge is -2.35. The van der Waals surface area contributed by atoms with Crippen molar-refractivity contribution in [2.24, 2.45) is 0 Å². The minimum absolute atomic E-state index is 0.0355. The van der Waals surface area contributed by atoms with Crippen LogP contribution in [0, 0.1) is 0 Å². The van der Waals surface area contributed by atoms with Crippen molar-refractivity contribution in [3.8, 4) is 11.5 Å². The van der Waals surface area contributed by atoms with E-state index in [1.165, 1.54) is 5.56 Å². The van der Waals surface area contributed by atoms with E-state index < -0.39 is 0 Å². The average Bonchev–Trinajstić information content (AvgIpc) is 2.73. The topological polar surface area (TPSA) is 56.7 Å². The smallest absolute Gasteiger partial charge is 0.162 e. The van der Waals surface area contributed by atoms with Gasteiger partial charge in [-0.05, 0) is 11.6 Å². The Labute approximate surface area is 152 Å². The first-order valence-electron chi connectivity index (χ1n) is 8.59. The number of nitrogens with zero attached hydrogens (tertiary/aromatic N) is 3. The summed E-state index contributed by atoms with van der Waals surface area (Å²) in [6.45, 7) is 2.23. The van der Waals surface area contributed by atoms with E-state index in [9.17, 15) is 0 Å². The molecule has 1 fully saturated rings. The molecule has 4 rings (SSSR count). The van der Waals surface area contributed by atoms with Gasteiger partial charge in [-0.2, -0.15) is 10.2 Å². The van der Waals surface area contributed by atoms with Crippen LogP contribution in [0.25, 0.3) is 10.9 Å². The minimum atomic E-state index is 0.0355. The summed E-state index contributed by atoms with van der Waals surface area (Å²) in [5.74, 6) is 1.33. The maximum atomic E-state index is 5.99. The Bertz CT molecular complexity index is 901. The third-order valence-corrected chi connectivity index (χ3v) is 4.70. The van der Waals surface area contributed by atoms with Crippen molar-refractivity contribution < 1.29 is 14.2 Å². The van der Waals surface area contributed by atoms with E-state index in [1.54, 1.807) is 14.2 Å². The SMILES string of the molecule is COc1cc2nncc(N3CCO[C@H](c4ccccc4)C3)c2cc1OC. The van der Waals surface area contributed by atoms with Gasteiger partial charge in [-0.15, -0.1) is 0 Å². The number of methoxy groups -OCH3 is 2. The molecule has 1 aliphatic heterocycles. The van der Waals surface area contributed by atoms with Gasteiger partial charge < -0.3 is 19.1 Å². The van der Waals surface area contributed by atoms with Crippen LogP contribution in [0.5, 0.6) is 11.5 Å². The Morgan fingerprint density at radius 2 is 1.85 bits per heavy atom. The van der Waals surface area contributed by atoms with Crippen LogP contribution in [-0.2, 0) is 4.74 Å². The molecular weight excluding hydrogens is 330 g/mol. The molecule has 0 amide bonds. The van der Waals surface area contributed by atoms with Gasteiger partial charge in [0.25, 0.3) is 0 Å². The second-order valence-corrected chi connectivity index (χ2v) is 6.17. The molecule has 0 unspecified atom stereocenters. The number of benzene rings is 2. The number of ether oxygens (including phenoxy) is 3. The number of hydrogen-bond acceptors (Lipinski definition) is 6. The Kier molecular flexibility index (Phi) is 4.58. The van der Waals surface area contributed by atoms with Crippen LogP contribution in [0.15, 0.2) is 48.7 Å². The van der Waals surface area contributed by atoms with Gasteiger partial charge in [0.1, 0.15) is 6.10 Å². The molecule has 1 aliphatic rings. The molecule has 1 saturated heterocycles. The van der Waals surface area contributed by atoms with Crippen molar-refractivity contribution in [1.29, 1.82) is 0 Å². The van der Waals surface area contributed by atoms with Gasteiger partial charge in [-0.3, -0.25) is 0 Å². The average molecular weight is 351 g/mol. The summed E-state index contributed by atoms with van der Waals surface area (Å²) in [6.07, 6.45) is 1.84. The predicted octanol–water partition coefficient (Wildman–Crippen LogP) is 3.22. The van der Waals surface area contributed by atoms with Crippen molar-refractivity contribution >= 4 is 16.6 Å². The minimum Gasteiger partial charge on any atom is -0.493 e. The molecule has 0 spiro atoms. The molecule has 2 heterocycles. The second kappa shape index (κ2) is 7.17. The number of aromatic nitrogens is 2. The maximum absolute atomic E-state index is 5.99. The molecule has 3 aromatic rings. The highest BCUT2D eigenvalue weighted by Crippen LogP contribution is 2.36. The largest absolute Gasteiger partial charge is 0.493 e. The molecule has 2 aromatic carbocycles. The van der Waals surface area contributed by atoms with Crippen molar-refractivity contribution in [2.45, 2.75) is 6.10 Å². The molecule has 6 heteroatoms. The molecule has 0 bridgehead atoms. The number of fused-ring (bicyclic) bond motifs is 1. The van der Waals surface area contributed by atoms with E-state index in [0.29, 0.717) is 18.1 Å². The van der Waals surface area contributed by atoms with Gasteiger partial charge in [-0.25, -0.2) is 0 Å². The van der Waals surface area contributed by atoms with Crippen LogP contribution < -0.4 is 14.4 Å². The third-order valence-electron chi connectivity index (χ3n) is 4.70. The van der Waals surface area contributed by atoms with E-state index in [4.69, 9.17) is 14.2 Å². The maximum Gasteiger partial charge on any atom is 0.162 e. The Balaban J connectivity index is 1.71. The third kappa shape index (κ3) is 3.04. The normalized spacial score (nSPS) is 17.3. The summed E-state index contributed by atoms with van der Waals surface area (Å²) in [7, 11) is 3.26. The zero-order valence-electron chi connectivity index (χ0n) is 14.9. The van der Waals surface area contributed by atoms with Gasteiger partial charge in [-0.1, -0.05) is 30.3 Å². The van der Waals surface area contributed by atoms with Crippen LogP contribution >= 0.6 is 0 Å². The summed E-state index contributed by atoms with van der Waals surface area (Å²) in [4.78, 5) is 2.30. The molecule has 26 heavy (non-hydrogen) atoms. The van der Waals surface area contributed by atoms with Crippen LogP contribution in [0.3, 0.4) is 0 Å². The van der Waals surface area contributed by atoms with Crippen LogP contribution in [0.1, 0.15) is 11.7 Å². The lowest BCUT2D eigenvalue weighted by molar-refractivity contribution is 0.0399. The van der Waals surface area contributed by atoms with Crippen molar-refractivity contribution in [3.05, 3.63) is 54.2 Å². The highest BCUT2D eigenvalue weighted by Gasteiger charge is 2.24. The molecule has 1 aromatic heterocycles. The fourth-order valence-corrected chi connectivity index (χ4v) is 3.36. The zero-order valence-corrected chi connectivity index (χ0v) is 14.9. The standard InChI is InChI=1S/C20H21N3O3/c1-24-18-10-15-16(11-19(18)25-2)22-21-12-17(15)23-8-9-26-20(13-23)14-6-4-3-5-7-14/h3-7,10-12,20H,8-9,13H2,1-2H3/t20-/m0/s1. The van der Waals surface area contributed by atoms with Crippen molar-refractivity contribution in [1.82, 2.24) is 10.2 Å². The Morgan fingerprint density at radius 3 is 2.62 bits per heavy atom. The summed E-state index contributed by atoms with van der Waals surface area (Å²) >= 11 is 0. The lowest BCUT2D eigenvalue weighted by atomic mass is 10.1. The van der Waals surface area contributed by atoms with E-state index in [1.807, 2.05) is 36.5 Å². The molecule has 0 saturated carbocycles. The number of morpholine rings is 1. The number of anilines is 1. The fourth-order valence-electron chi connectivity index (χ4n) is 3.36. The molecule has 0 radical (unpaired) electrons. The van der Waals surface area contributed by atoms with Crippen LogP contribution in [0.2, 0.25) is 0 Å². The van der Waals surface area contributed by atoms with Crippen molar-refractivity contribution in [3.63, 3.8) is 0 Å². The van der Waals surface area contributed by atoms with Crippen LogP contribution in [0.4, 0.5) is 5.69 Å². The van der Waals surface area contributed by atoms with Gasteiger partial charge in [0.2, 0.25) is 0 Å². The summed E-state index contributed by atoms with van der Waals surface area (Å²) in [6, 6.07) is 14.1. The first-order valence-corrected chi connectivity index (χ1v) is 8.59. The monoisotopic (exact) mass is 351 g/mol. The predicted molar refractivity (Wildman–Crippen MR) is 100.0 cm³/mol. The second-order valence-electron chi connectivity index (χ2n) is 6.17. The zero-order chi connectivity index (χ0) is 17.9. The van der Waals surface area contributed by atoms with Crippen LogP contribution in [-0.4, -0.2) is 44.1 Å². The first-order chi connectivity index (χ1) is 12.8. The summed E-state index contributed by atoms with van der Waals surface area (Å²) in [5.41, 5.74) is 2.99. The van der Waals surface area contributed by atoms with Crippen molar-refractivity contribution in [2.75, 3.05) is 38.8 Å². The van der Waals surface area contributed by atoms with Gasteiger partial charge >= 0.3 is 0 Å². The fraction of sp³-hybridized carbons (Fsp3) is 0.300. The molecular formula is C20H21N3O3. The molecule has 0 aliphatic carbocycles. The highest BCUT2D eigenvalue weighted by molar-refractivity contribution is 5.93. The quantitative estimate of drug-likeness (QED) is 0.719. The van der Waals surface area contributed by atoms with E-state index in [-0.39, 0.29) is 6.10 Å². The highest BCUT2D eigenvalue weighted by atomic mass is 16.5. The molecule has 134 valence electrons. The molecule has 6 nitrogen and oxygen atoms in total. The molecule has 0 N–H and O–H groups in total. The molecule has 1 atom stereocenters. The van der Waals surface area contributed by atoms with E-state index in [2.05, 4.69) is 27.2 Å². The Hall–Kier alpha value is -2.86. The lowest BCUT2D eigenvalue weighted by Crippen LogP contribution is -2.38. The van der Waals surface area contributed by atoms with E-state index >= 15 is 0 Å². The van der Waals surface area contributed by atoms with Gasteiger partial charge in [0, 0.05) is 24.5 Å². The van der Waals surface area contributed by atoms with E-state index in [0.717, 1.165) is 29.7 Å². The number of hydrogen-bond donors (Lipinski definition) is 0. The number of rotatable bonds is 4. The Morgan fingerprint density at radius 1 is 1.08 bits per heavy atom. The van der Waals surface area contributed by atoms with Gasteiger partial charge in [0.05, 0.1) is 38.2 Å². The first kappa shape index (κ1) is 16.6. The van der Waals surface area contributed by atoms with Gasteiger partial charge in [0.15, 0.2) is 11.5 Å². The summed E-state index contributed by atoms with van der Waals surface area (Å²) in [5, 5.41) is 9.43.